The van der Waals surface area contributed by atoms with E-state index in [-0.39, 0.29) is 12.5 Å². The smallest absolute Gasteiger partial charge is 0.220 e. The van der Waals surface area contributed by atoms with Crippen molar-refractivity contribution in [1.82, 2.24) is 5.32 Å². The van der Waals surface area contributed by atoms with E-state index in [1.165, 1.54) is 32.1 Å². The van der Waals surface area contributed by atoms with E-state index in [2.05, 4.69) is 19.2 Å². The number of nitrogens with one attached hydrogen (secondary N) is 1. The van der Waals surface area contributed by atoms with Crippen LogP contribution in [0, 0.1) is 0 Å². The quantitative estimate of drug-likeness (QED) is 0.116. The second-order valence-corrected chi connectivity index (χ2v) is 9.49. The van der Waals surface area contributed by atoms with Gasteiger partial charge in [-0.1, -0.05) is 83.8 Å². The highest BCUT2D eigenvalue weighted by Gasteiger charge is 2.44. The molecule has 206 valence electrons. The van der Waals surface area contributed by atoms with E-state index < -0.39 is 49.5 Å². The molecule has 6 N–H and O–H groups in total. The molecular formula is C26H49NO8. The number of hydrogen-bond acceptors (Lipinski definition) is 8. The molecule has 0 saturated carbocycles. The molecule has 1 saturated heterocycles. The molecule has 7 atom stereocenters. The fraction of sp³-hybridized carbons (Fsp3) is 0.885. The summed E-state index contributed by atoms with van der Waals surface area (Å²) in [5.74, 6) is -0.195. The Morgan fingerprint density at radius 3 is 2.20 bits per heavy atom. The molecule has 1 heterocycles. The molecule has 9 heteroatoms. The summed E-state index contributed by atoms with van der Waals surface area (Å²) in [7, 11) is 0. The van der Waals surface area contributed by atoms with Gasteiger partial charge in [-0.3, -0.25) is 4.79 Å². The maximum atomic E-state index is 12.5. The van der Waals surface area contributed by atoms with E-state index in [0.29, 0.717) is 6.42 Å². The van der Waals surface area contributed by atoms with Crippen LogP contribution in [0.1, 0.15) is 90.9 Å². The first kappa shape index (κ1) is 32.0. The predicted molar refractivity (Wildman–Crippen MR) is 134 cm³/mol. The number of aliphatic hydroxyl groups excluding tert-OH is 5. The first-order valence-corrected chi connectivity index (χ1v) is 13.4. The second-order valence-electron chi connectivity index (χ2n) is 9.49. The molecule has 0 bridgehead atoms. The van der Waals surface area contributed by atoms with Crippen LogP contribution < -0.4 is 5.32 Å². The molecule has 0 aromatic heterocycles. The Balaban J connectivity index is 2.59. The molecule has 0 aromatic carbocycles. The zero-order valence-corrected chi connectivity index (χ0v) is 21.6. The van der Waals surface area contributed by atoms with Crippen LogP contribution in [0.5, 0.6) is 0 Å². The lowest BCUT2D eigenvalue weighted by molar-refractivity contribution is -0.302. The average molecular weight is 504 g/mol. The van der Waals surface area contributed by atoms with Crippen LogP contribution in [0.4, 0.5) is 0 Å². The number of ether oxygens (including phenoxy) is 2. The fourth-order valence-corrected chi connectivity index (χ4v) is 4.02. The molecule has 9 nitrogen and oxygen atoms in total. The fourth-order valence-electron chi connectivity index (χ4n) is 4.02. The van der Waals surface area contributed by atoms with E-state index in [1.807, 2.05) is 6.08 Å². The molecule has 1 aliphatic heterocycles. The van der Waals surface area contributed by atoms with Crippen molar-refractivity contribution in [3.63, 3.8) is 0 Å². The van der Waals surface area contributed by atoms with Gasteiger partial charge in [-0.15, -0.1) is 0 Å². The van der Waals surface area contributed by atoms with Gasteiger partial charge in [-0.05, 0) is 12.8 Å². The number of carbonyl (C=O) groups is 1. The van der Waals surface area contributed by atoms with E-state index in [9.17, 15) is 30.3 Å². The van der Waals surface area contributed by atoms with Crippen LogP contribution in [-0.2, 0) is 14.3 Å². The van der Waals surface area contributed by atoms with Crippen molar-refractivity contribution in [2.24, 2.45) is 0 Å². The lowest BCUT2D eigenvalue weighted by Crippen LogP contribution is -2.60. The van der Waals surface area contributed by atoms with Crippen LogP contribution in [0.3, 0.4) is 0 Å². The van der Waals surface area contributed by atoms with Crippen LogP contribution in [0.15, 0.2) is 12.2 Å². The zero-order chi connectivity index (χ0) is 26.1. The van der Waals surface area contributed by atoms with E-state index in [0.717, 1.165) is 38.5 Å². The molecule has 1 fully saturated rings. The zero-order valence-electron chi connectivity index (χ0n) is 21.6. The number of hydrogen-bond donors (Lipinski definition) is 6. The summed E-state index contributed by atoms with van der Waals surface area (Å²) in [6, 6.07) is -0.790. The number of carbonyl (C=O) groups excluding carboxylic acids is 1. The topological polar surface area (TPSA) is 149 Å². The van der Waals surface area contributed by atoms with Gasteiger partial charge in [0.2, 0.25) is 5.91 Å². The molecule has 1 amide bonds. The SMILES string of the molecule is CCCC/C=C/C(O)C(COC1OC(CO)C(O)C(O)C1O)NC(=O)CCCCCCCCCC. The highest BCUT2D eigenvalue weighted by atomic mass is 16.7. The first-order chi connectivity index (χ1) is 16.8. The van der Waals surface area contributed by atoms with Gasteiger partial charge in [0.15, 0.2) is 6.29 Å². The van der Waals surface area contributed by atoms with Crippen LogP contribution in [-0.4, -0.2) is 87.5 Å². The Kier molecular flexibility index (Phi) is 17.4. The van der Waals surface area contributed by atoms with E-state index in [4.69, 9.17) is 9.47 Å². The molecular weight excluding hydrogens is 454 g/mol. The largest absolute Gasteiger partial charge is 0.394 e. The van der Waals surface area contributed by atoms with Crippen molar-refractivity contribution < 1.29 is 39.8 Å². The Bertz CT molecular complexity index is 574. The lowest BCUT2D eigenvalue weighted by Gasteiger charge is -2.40. The van der Waals surface area contributed by atoms with Gasteiger partial charge in [0.05, 0.1) is 25.4 Å². The lowest BCUT2D eigenvalue weighted by atomic mass is 9.99. The maximum Gasteiger partial charge on any atom is 0.220 e. The Morgan fingerprint density at radius 1 is 0.943 bits per heavy atom. The van der Waals surface area contributed by atoms with Crippen molar-refractivity contribution in [2.75, 3.05) is 13.2 Å². The summed E-state index contributed by atoms with van der Waals surface area (Å²) in [6.45, 7) is 3.52. The monoisotopic (exact) mass is 503 g/mol. The second kappa shape index (κ2) is 19.1. The minimum absolute atomic E-state index is 0.189. The number of unbranched alkanes of at least 4 members (excludes halogenated alkanes) is 9. The number of rotatable bonds is 19. The number of allylic oxidation sites excluding steroid dienone is 1. The van der Waals surface area contributed by atoms with Crippen molar-refractivity contribution in [2.45, 2.75) is 134 Å². The van der Waals surface area contributed by atoms with Gasteiger partial charge in [0.1, 0.15) is 24.4 Å². The highest BCUT2D eigenvalue weighted by molar-refractivity contribution is 5.76. The number of amides is 1. The minimum atomic E-state index is -1.56. The maximum absolute atomic E-state index is 12.5. The molecule has 0 radical (unpaired) electrons. The molecule has 1 aliphatic rings. The van der Waals surface area contributed by atoms with Gasteiger partial charge < -0.3 is 40.3 Å². The summed E-state index contributed by atoms with van der Waals surface area (Å²) in [5, 5.41) is 52.9. The molecule has 35 heavy (non-hydrogen) atoms. The van der Waals surface area contributed by atoms with Crippen LogP contribution >= 0.6 is 0 Å². The Morgan fingerprint density at radius 2 is 1.57 bits per heavy atom. The number of aliphatic hydroxyl groups is 5. The van der Waals surface area contributed by atoms with Crippen molar-refractivity contribution in [3.05, 3.63) is 12.2 Å². The van der Waals surface area contributed by atoms with E-state index >= 15 is 0 Å². The van der Waals surface area contributed by atoms with Crippen LogP contribution in [0.25, 0.3) is 0 Å². The minimum Gasteiger partial charge on any atom is -0.394 e. The summed E-state index contributed by atoms with van der Waals surface area (Å²) >= 11 is 0. The molecule has 0 aromatic rings. The summed E-state index contributed by atoms with van der Waals surface area (Å²) in [5.41, 5.74) is 0. The van der Waals surface area contributed by atoms with Crippen LogP contribution in [0.2, 0.25) is 0 Å². The third-order valence-corrected chi connectivity index (χ3v) is 6.36. The molecule has 1 rings (SSSR count). The average Bonchev–Trinajstić information content (AvgIpc) is 2.85. The van der Waals surface area contributed by atoms with Gasteiger partial charge >= 0.3 is 0 Å². The van der Waals surface area contributed by atoms with Gasteiger partial charge in [-0.2, -0.15) is 0 Å². The van der Waals surface area contributed by atoms with E-state index in [1.54, 1.807) is 6.08 Å². The molecule has 0 aliphatic carbocycles. The van der Waals surface area contributed by atoms with Crippen molar-refractivity contribution >= 4 is 5.91 Å². The molecule has 7 unspecified atom stereocenters. The summed E-state index contributed by atoms with van der Waals surface area (Å²) < 4.78 is 10.9. The predicted octanol–water partition coefficient (Wildman–Crippen LogP) is 1.93. The third kappa shape index (κ3) is 12.6. The molecule has 0 spiro atoms. The van der Waals surface area contributed by atoms with Crippen molar-refractivity contribution in [3.8, 4) is 0 Å². The van der Waals surface area contributed by atoms with Crippen molar-refractivity contribution in [1.29, 1.82) is 0 Å². The third-order valence-electron chi connectivity index (χ3n) is 6.36. The first-order valence-electron chi connectivity index (χ1n) is 13.4. The standard InChI is InChI=1S/C26H49NO8/c1-3-5-7-9-10-11-12-14-16-22(30)27-19(20(29)15-13-8-6-4-2)18-34-26-25(33)24(32)23(31)21(17-28)35-26/h13,15,19-21,23-26,28-29,31-33H,3-12,14,16-18H2,1-2H3,(H,27,30)/b15-13+. The summed E-state index contributed by atoms with van der Waals surface area (Å²) in [4.78, 5) is 12.5. The Hall–Kier alpha value is -1.07. The highest BCUT2D eigenvalue weighted by Crippen LogP contribution is 2.22. The normalized spacial score (nSPS) is 26.7. The Labute approximate surface area is 210 Å². The van der Waals surface area contributed by atoms with Gasteiger partial charge in [-0.25, -0.2) is 0 Å². The van der Waals surface area contributed by atoms with Gasteiger partial charge in [0.25, 0.3) is 0 Å². The summed E-state index contributed by atoms with van der Waals surface area (Å²) in [6.07, 6.45) is 7.64. The van der Waals surface area contributed by atoms with Gasteiger partial charge in [0, 0.05) is 6.42 Å².